The fourth-order valence-electron chi connectivity index (χ4n) is 2.62. The Labute approximate surface area is 143 Å². The summed E-state index contributed by atoms with van der Waals surface area (Å²) in [6.45, 7) is 0.309. The van der Waals surface area contributed by atoms with Crippen LogP contribution in [0.15, 0.2) is 47.6 Å². The zero-order valence-electron chi connectivity index (χ0n) is 13.2. The lowest BCUT2D eigenvalue weighted by molar-refractivity contribution is -0.138. The van der Waals surface area contributed by atoms with E-state index in [-0.39, 0.29) is 31.5 Å². The molecule has 1 aliphatic rings. The van der Waals surface area contributed by atoms with E-state index in [2.05, 4.69) is 4.98 Å². The second-order valence-electron chi connectivity index (χ2n) is 5.36. The van der Waals surface area contributed by atoms with Crippen LogP contribution in [0.1, 0.15) is 10.6 Å². The van der Waals surface area contributed by atoms with Crippen LogP contribution in [-0.4, -0.2) is 51.9 Å². The van der Waals surface area contributed by atoms with Crippen LogP contribution in [0.4, 0.5) is 0 Å². The van der Waals surface area contributed by atoms with Crippen molar-refractivity contribution in [3.63, 3.8) is 0 Å². The molecule has 0 unspecified atom stereocenters. The molecule has 0 atom stereocenters. The normalized spacial score (nSPS) is 14.7. The van der Waals surface area contributed by atoms with Crippen molar-refractivity contribution in [2.75, 3.05) is 20.2 Å². The SMILES string of the molecule is CN(CCO)C1=C(c2cccs2)C(=O)N(Cc2ccccn2)C1=O. The summed E-state index contributed by atoms with van der Waals surface area (Å²) in [5.74, 6) is -0.683. The van der Waals surface area contributed by atoms with Crippen LogP contribution in [0.3, 0.4) is 0 Å². The fraction of sp³-hybridized carbons (Fsp3) is 0.235. The first kappa shape index (κ1) is 16.4. The molecule has 0 aromatic carbocycles. The molecule has 2 amide bonds. The highest BCUT2D eigenvalue weighted by Gasteiger charge is 2.41. The van der Waals surface area contributed by atoms with Gasteiger partial charge in [-0.25, -0.2) is 0 Å². The Morgan fingerprint density at radius 2 is 2.04 bits per heavy atom. The molecule has 2 aromatic heterocycles. The molecule has 0 spiro atoms. The minimum atomic E-state index is -0.356. The number of thiophene rings is 1. The predicted molar refractivity (Wildman–Crippen MR) is 90.7 cm³/mol. The van der Waals surface area contributed by atoms with E-state index in [1.165, 1.54) is 16.2 Å². The van der Waals surface area contributed by atoms with Gasteiger partial charge in [-0.05, 0) is 23.6 Å². The standard InChI is InChI=1S/C17H17N3O3S/c1-19(8-9-21)15-14(13-6-4-10-24-13)16(22)20(17(15)23)11-12-5-2-3-7-18-12/h2-7,10,21H,8-9,11H2,1H3. The van der Waals surface area contributed by atoms with Crippen molar-refractivity contribution < 1.29 is 14.7 Å². The van der Waals surface area contributed by atoms with E-state index >= 15 is 0 Å². The molecule has 1 N–H and O–H groups in total. The van der Waals surface area contributed by atoms with Gasteiger partial charge in [0.1, 0.15) is 5.70 Å². The third kappa shape index (κ3) is 2.95. The second-order valence-corrected chi connectivity index (χ2v) is 6.31. The van der Waals surface area contributed by atoms with Crippen LogP contribution in [0.2, 0.25) is 0 Å². The lowest BCUT2D eigenvalue weighted by Crippen LogP contribution is -2.34. The Morgan fingerprint density at radius 1 is 1.21 bits per heavy atom. The molecule has 24 heavy (non-hydrogen) atoms. The summed E-state index contributed by atoms with van der Waals surface area (Å²) in [7, 11) is 1.70. The molecule has 3 heterocycles. The van der Waals surface area contributed by atoms with Crippen LogP contribution in [0.5, 0.6) is 0 Å². The number of hydrogen-bond donors (Lipinski definition) is 1. The van der Waals surface area contributed by atoms with Gasteiger partial charge in [0.15, 0.2) is 0 Å². The monoisotopic (exact) mass is 343 g/mol. The van der Waals surface area contributed by atoms with Gasteiger partial charge in [-0.2, -0.15) is 0 Å². The third-order valence-corrected chi connectivity index (χ3v) is 4.66. The molecule has 0 aliphatic carbocycles. The first-order valence-electron chi connectivity index (χ1n) is 7.49. The topological polar surface area (TPSA) is 73.7 Å². The molecule has 0 saturated heterocycles. The van der Waals surface area contributed by atoms with E-state index in [0.717, 1.165) is 4.88 Å². The minimum absolute atomic E-state index is 0.0978. The number of aromatic nitrogens is 1. The molecular formula is C17H17N3O3S. The Balaban J connectivity index is 1.98. The van der Waals surface area contributed by atoms with Gasteiger partial charge >= 0.3 is 0 Å². The van der Waals surface area contributed by atoms with Crippen LogP contribution < -0.4 is 0 Å². The van der Waals surface area contributed by atoms with Crippen molar-refractivity contribution in [1.29, 1.82) is 0 Å². The average molecular weight is 343 g/mol. The van der Waals surface area contributed by atoms with E-state index in [9.17, 15) is 14.7 Å². The van der Waals surface area contributed by atoms with E-state index in [1.807, 2.05) is 23.6 Å². The number of likely N-dealkylation sites (N-methyl/N-ethyl adjacent to an activating group) is 1. The number of aliphatic hydroxyl groups is 1. The number of nitrogens with zero attached hydrogens (tertiary/aromatic N) is 3. The Bertz CT molecular complexity index is 772. The number of carbonyl (C=O) groups excluding carboxylic acids is 2. The second kappa shape index (κ2) is 6.94. The Morgan fingerprint density at radius 3 is 2.67 bits per heavy atom. The summed E-state index contributed by atoms with van der Waals surface area (Å²) in [6.07, 6.45) is 1.63. The van der Waals surface area contributed by atoms with Crippen LogP contribution >= 0.6 is 11.3 Å². The van der Waals surface area contributed by atoms with Crippen molar-refractivity contribution >= 4 is 28.7 Å². The Hall–Kier alpha value is -2.51. The summed E-state index contributed by atoms with van der Waals surface area (Å²) in [5.41, 5.74) is 1.37. The summed E-state index contributed by atoms with van der Waals surface area (Å²) in [4.78, 5) is 33.5. The molecule has 0 radical (unpaired) electrons. The highest BCUT2D eigenvalue weighted by molar-refractivity contribution is 7.11. The molecule has 0 fully saturated rings. The van der Waals surface area contributed by atoms with E-state index in [1.54, 1.807) is 30.3 Å². The molecule has 0 saturated carbocycles. The average Bonchev–Trinajstić information content (AvgIpc) is 3.18. The molecule has 2 aromatic rings. The lowest BCUT2D eigenvalue weighted by atomic mass is 10.2. The molecule has 1 aliphatic heterocycles. The van der Waals surface area contributed by atoms with Gasteiger partial charge in [-0.1, -0.05) is 12.1 Å². The molecular weight excluding hydrogens is 326 g/mol. The first-order chi connectivity index (χ1) is 11.6. The van der Waals surface area contributed by atoms with Gasteiger partial charge in [0.05, 0.1) is 24.4 Å². The zero-order valence-corrected chi connectivity index (χ0v) is 14.0. The number of aliphatic hydroxyl groups excluding tert-OH is 1. The molecule has 7 heteroatoms. The number of rotatable bonds is 6. The number of hydrogen-bond acceptors (Lipinski definition) is 6. The predicted octanol–water partition coefficient (Wildman–Crippen LogP) is 1.35. The van der Waals surface area contributed by atoms with Crippen molar-refractivity contribution in [2.24, 2.45) is 0 Å². The summed E-state index contributed by atoms with van der Waals surface area (Å²) < 4.78 is 0. The van der Waals surface area contributed by atoms with Gasteiger partial charge < -0.3 is 10.0 Å². The van der Waals surface area contributed by atoms with Crippen LogP contribution in [-0.2, 0) is 16.1 Å². The largest absolute Gasteiger partial charge is 0.395 e. The van der Waals surface area contributed by atoms with Crippen molar-refractivity contribution in [3.8, 4) is 0 Å². The Kier molecular flexibility index (Phi) is 4.73. The lowest BCUT2D eigenvalue weighted by Gasteiger charge is -2.20. The highest BCUT2D eigenvalue weighted by Crippen LogP contribution is 2.33. The van der Waals surface area contributed by atoms with E-state index in [4.69, 9.17) is 0 Å². The maximum atomic E-state index is 12.9. The maximum Gasteiger partial charge on any atom is 0.278 e. The first-order valence-corrected chi connectivity index (χ1v) is 8.37. The van der Waals surface area contributed by atoms with Crippen LogP contribution in [0, 0.1) is 0 Å². The number of carbonyl (C=O) groups is 2. The van der Waals surface area contributed by atoms with Crippen LogP contribution in [0.25, 0.3) is 5.57 Å². The minimum Gasteiger partial charge on any atom is -0.395 e. The van der Waals surface area contributed by atoms with Gasteiger partial charge in [0, 0.05) is 24.7 Å². The number of pyridine rings is 1. The van der Waals surface area contributed by atoms with Crippen molar-refractivity contribution in [2.45, 2.75) is 6.54 Å². The van der Waals surface area contributed by atoms with Crippen molar-refractivity contribution in [1.82, 2.24) is 14.8 Å². The van der Waals surface area contributed by atoms with Gasteiger partial charge in [-0.15, -0.1) is 11.3 Å². The molecule has 124 valence electrons. The maximum absolute atomic E-state index is 12.9. The van der Waals surface area contributed by atoms with E-state index in [0.29, 0.717) is 17.0 Å². The fourth-order valence-corrected chi connectivity index (χ4v) is 3.38. The van der Waals surface area contributed by atoms with Gasteiger partial charge in [0.2, 0.25) is 0 Å². The third-order valence-electron chi connectivity index (χ3n) is 3.77. The number of amides is 2. The zero-order chi connectivity index (χ0) is 17.1. The summed E-state index contributed by atoms with van der Waals surface area (Å²) in [6, 6.07) is 9.05. The molecule has 6 nitrogen and oxygen atoms in total. The van der Waals surface area contributed by atoms with E-state index < -0.39 is 0 Å². The molecule has 3 rings (SSSR count). The quantitative estimate of drug-likeness (QED) is 0.802. The summed E-state index contributed by atoms with van der Waals surface area (Å²) in [5, 5.41) is 11.1. The van der Waals surface area contributed by atoms with Crippen molar-refractivity contribution in [3.05, 3.63) is 58.2 Å². The smallest absolute Gasteiger partial charge is 0.278 e. The summed E-state index contributed by atoms with van der Waals surface area (Å²) >= 11 is 1.41. The highest BCUT2D eigenvalue weighted by atomic mass is 32.1. The van der Waals surface area contributed by atoms with Gasteiger partial charge in [0.25, 0.3) is 11.8 Å². The molecule has 0 bridgehead atoms. The number of imide groups is 1. The van der Waals surface area contributed by atoms with Gasteiger partial charge in [-0.3, -0.25) is 19.5 Å².